The molecule has 12 heteroatoms. The van der Waals surface area contributed by atoms with Crippen LogP contribution < -0.4 is 15.4 Å². The molecule has 1 atom stereocenters. The van der Waals surface area contributed by atoms with Crippen molar-refractivity contribution in [3.8, 4) is 5.75 Å². The molecule has 0 aromatic heterocycles. The van der Waals surface area contributed by atoms with Crippen LogP contribution in [0.5, 0.6) is 5.75 Å². The average Bonchev–Trinajstić information content (AvgIpc) is 3.29. The van der Waals surface area contributed by atoms with Crippen LogP contribution in [-0.4, -0.2) is 140 Å². The molecule has 0 bridgehead atoms. The molecule has 3 saturated heterocycles. The molecular weight excluding hydrogens is 622 g/mol. The number of piperazine rings is 1. The van der Waals surface area contributed by atoms with Crippen LogP contribution >= 0.6 is 0 Å². The van der Waals surface area contributed by atoms with Crippen molar-refractivity contribution in [1.82, 2.24) is 24.5 Å². The minimum atomic E-state index is -0.941. The molecule has 5 heterocycles. The number of carbonyl (C=O) groups excluding carboxylic acids is 3. The molecular formula is C37H51N7O5. The molecule has 49 heavy (non-hydrogen) atoms. The predicted molar refractivity (Wildman–Crippen MR) is 188 cm³/mol. The van der Waals surface area contributed by atoms with Gasteiger partial charge in [-0.2, -0.15) is 0 Å². The first kappa shape index (κ1) is 33.5. The van der Waals surface area contributed by atoms with E-state index in [1.54, 1.807) is 4.90 Å². The van der Waals surface area contributed by atoms with Crippen LogP contribution in [0.15, 0.2) is 36.4 Å². The van der Waals surface area contributed by atoms with E-state index >= 15 is 0 Å². The summed E-state index contributed by atoms with van der Waals surface area (Å²) in [7, 11) is 2.18. The summed E-state index contributed by atoms with van der Waals surface area (Å²) in [6.45, 7) is 10.1. The number of hydrogen-bond acceptors (Lipinski definition) is 8. The fraction of sp³-hybridized carbons (Fsp3) is 0.595. The van der Waals surface area contributed by atoms with Gasteiger partial charge >= 0.3 is 12.1 Å². The fourth-order valence-electron chi connectivity index (χ4n) is 8.18. The van der Waals surface area contributed by atoms with Crippen LogP contribution in [0.3, 0.4) is 0 Å². The number of hydrogen-bond donors (Lipinski definition) is 2. The number of piperidine rings is 2. The molecule has 2 aromatic carbocycles. The lowest BCUT2D eigenvalue weighted by Gasteiger charge is -2.42. The number of para-hydroxylation sites is 1. The van der Waals surface area contributed by atoms with Gasteiger partial charge in [-0.1, -0.05) is 24.3 Å². The van der Waals surface area contributed by atoms with Crippen molar-refractivity contribution in [3.63, 3.8) is 0 Å². The van der Waals surface area contributed by atoms with Gasteiger partial charge in [0.15, 0.2) is 6.10 Å². The Hall–Kier alpha value is -4.03. The first-order chi connectivity index (χ1) is 23.8. The van der Waals surface area contributed by atoms with Crippen LogP contribution in [0.25, 0.3) is 0 Å². The van der Waals surface area contributed by atoms with E-state index in [9.17, 15) is 14.4 Å². The lowest BCUT2D eigenvalue weighted by Crippen LogP contribution is -2.56. The molecule has 0 spiro atoms. The second-order valence-corrected chi connectivity index (χ2v) is 14.3. The van der Waals surface area contributed by atoms with Crippen molar-refractivity contribution >= 4 is 29.4 Å². The van der Waals surface area contributed by atoms with E-state index in [-0.39, 0.29) is 24.4 Å². The number of aryl methyl sites for hydroxylation is 1. The number of ether oxygens (including phenoxy) is 2. The number of anilines is 2. The van der Waals surface area contributed by atoms with Gasteiger partial charge in [0.1, 0.15) is 12.4 Å². The summed E-state index contributed by atoms with van der Waals surface area (Å²) in [5, 5.41) is 6.47. The number of benzene rings is 2. The van der Waals surface area contributed by atoms with E-state index < -0.39 is 12.2 Å². The SMILES string of the molecule is Cc1cc(C[C@@H](OC(=O)N2CCC(N3CCc4ccccc4NC3=O)CC2)C(=O)N2CCN(C3CCN(C)CC3)CC2)cc2c1NCCO2. The molecule has 7 rings (SSSR count). The van der Waals surface area contributed by atoms with Gasteiger partial charge in [-0.3, -0.25) is 9.69 Å². The molecule has 5 aliphatic rings. The summed E-state index contributed by atoms with van der Waals surface area (Å²) in [4.78, 5) is 51.4. The maximum atomic E-state index is 14.2. The number of fused-ring (bicyclic) bond motifs is 2. The summed E-state index contributed by atoms with van der Waals surface area (Å²) in [5.41, 5.74) is 4.93. The normalized spacial score (nSPS) is 21.8. The molecule has 12 nitrogen and oxygen atoms in total. The molecule has 0 saturated carbocycles. The first-order valence-corrected chi connectivity index (χ1v) is 18.1. The molecule has 3 fully saturated rings. The second-order valence-electron chi connectivity index (χ2n) is 14.3. The molecule has 4 amide bonds. The van der Waals surface area contributed by atoms with Crippen LogP contribution in [0.2, 0.25) is 0 Å². The number of rotatable bonds is 6. The lowest BCUT2D eigenvalue weighted by atomic mass is 10.0. The first-order valence-electron chi connectivity index (χ1n) is 18.1. The lowest BCUT2D eigenvalue weighted by molar-refractivity contribution is -0.143. The Balaban J connectivity index is 0.998. The monoisotopic (exact) mass is 673 g/mol. The molecule has 0 aliphatic carbocycles. The second kappa shape index (κ2) is 14.8. The van der Waals surface area contributed by atoms with Crippen molar-refractivity contribution in [2.45, 2.75) is 63.6 Å². The van der Waals surface area contributed by atoms with Crippen molar-refractivity contribution in [1.29, 1.82) is 0 Å². The highest BCUT2D eigenvalue weighted by Crippen LogP contribution is 2.33. The highest BCUT2D eigenvalue weighted by molar-refractivity contribution is 5.91. The standard InChI is InChI=1S/C37H51N7O5/c1-26-23-27(24-32-34(26)38-12-22-48-32)25-33(35(45)42-20-18-41(19-21-42)29-8-13-40(2)14-9-29)49-37(47)43-15-10-30(11-16-43)44-17-7-28-5-3-4-6-31(28)39-36(44)46/h3-6,23-24,29-30,33,38H,7-22,25H2,1-2H3,(H,39,46)/t33-/m1/s1. The van der Waals surface area contributed by atoms with Gasteiger partial charge in [0.2, 0.25) is 0 Å². The topological polar surface area (TPSA) is 110 Å². The predicted octanol–water partition coefficient (Wildman–Crippen LogP) is 3.64. The molecule has 2 aromatic rings. The maximum absolute atomic E-state index is 14.2. The van der Waals surface area contributed by atoms with Crippen molar-refractivity contribution in [2.75, 3.05) is 89.7 Å². The Bertz CT molecular complexity index is 1510. The number of urea groups is 1. The zero-order valence-corrected chi connectivity index (χ0v) is 29.0. The highest BCUT2D eigenvalue weighted by atomic mass is 16.6. The van der Waals surface area contributed by atoms with Crippen LogP contribution in [0, 0.1) is 6.92 Å². The highest BCUT2D eigenvalue weighted by Gasteiger charge is 2.36. The van der Waals surface area contributed by atoms with Gasteiger partial charge in [0.25, 0.3) is 5.91 Å². The molecule has 5 aliphatic heterocycles. The summed E-state index contributed by atoms with van der Waals surface area (Å²) < 4.78 is 12.1. The van der Waals surface area contributed by atoms with E-state index in [1.807, 2.05) is 41.0 Å². The smallest absolute Gasteiger partial charge is 0.410 e. The third-order valence-corrected chi connectivity index (χ3v) is 11.1. The Morgan fingerprint density at radius 3 is 2.43 bits per heavy atom. The van der Waals surface area contributed by atoms with E-state index in [2.05, 4.69) is 39.6 Å². The minimum absolute atomic E-state index is 0.0312. The zero-order valence-electron chi connectivity index (χ0n) is 29.0. The number of likely N-dealkylation sites (tertiary alicyclic amines) is 2. The van der Waals surface area contributed by atoms with Gasteiger partial charge in [-0.05, 0) is 88.0 Å². The maximum Gasteiger partial charge on any atom is 0.410 e. The summed E-state index contributed by atoms with van der Waals surface area (Å²) in [6.07, 6.45) is 3.29. The average molecular weight is 674 g/mol. The van der Waals surface area contributed by atoms with E-state index in [1.165, 1.54) is 0 Å². The van der Waals surface area contributed by atoms with E-state index in [4.69, 9.17) is 9.47 Å². The fourth-order valence-corrected chi connectivity index (χ4v) is 8.18. The largest absolute Gasteiger partial charge is 0.490 e. The van der Waals surface area contributed by atoms with Gasteiger partial charge in [0, 0.05) is 76.5 Å². The number of nitrogens with one attached hydrogen (secondary N) is 2. The van der Waals surface area contributed by atoms with Gasteiger partial charge < -0.3 is 39.7 Å². The Morgan fingerprint density at radius 2 is 1.65 bits per heavy atom. The van der Waals surface area contributed by atoms with Crippen LogP contribution in [0.1, 0.15) is 42.4 Å². The number of carbonyl (C=O) groups is 3. The summed E-state index contributed by atoms with van der Waals surface area (Å²) >= 11 is 0. The third-order valence-electron chi connectivity index (χ3n) is 11.1. The van der Waals surface area contributed by atoms with Crippen LogP contribution in [0.4, 0.5) is 21.0 Å². The van der Waals surface area contributed by atoms with Gasteiger partial charge in [-0.25, -0.2) is 9.59 Å². The van der Waals surface area contributed by atoms with Gasteiger partial charge in [0.05, 0.1) is 5.69 Å². The van der Waals surface area contributed by atoms with Gasteiger partial charge in [-0.15, -0.1) is 0 Å². The number of amides is 4. The molecule has 2 N–H and O–H groups in total. The van der Waals surface area contributed by atoms with E-state index in [0.717, 1.165) is 85.8 Å². The Labute approximate surface area is 289 Å². The Kier molecular flexibility index (Phi) is 10.1. The summed E-state index contributed by atoms with van der Waals surface area (Å²) in [5.74, 6) is 0.634. The minimum Gasteiger partial charge on any atom is -0.490 e. The third kappa shape index (κ3) is 7.60. The van der Waals surface area contributed by atoms with Crippen molar-refractivity contribution in [3.05, 3.63) is 53.1 Å². The molecule has 0 unspecified atom stereocenters. The number of nitrogens with zero attached hydrogens (tertiary/aromatic N) is 5. The van der Waals surface area contributed by atoms with Crippen molar-refractivity contribution in [2.24, 2.45) is 0 Å². The molecule has 0 radical (unpaired) electrons. The van der Waals surface area contributed by atoms with Crippen molar-refractivity contribution < 1.29 is 23.9 Å². The zero-order chi connectivity index (χ0) is 33.9. The summed E-state index contributed by atoms with van der Waals surface area (Å²) in [6, 6.07) is 12.5. The molecule has 264 valence electrons. The van der Waals surface area contributed by atoms with E-state index in [0.29, 0.717) is 58.2 Å². The van der Waals surface area contributed by atoms with Crippen LogP contribution in [-0.2, 0) is 22.4 Å². The quantitative estimate of drug-likeness (QED) is 0.479. The Morgan fingerprint density at radius 1 is 0.918 bits per heavy atom.